The van der Waals surface area contributed by atoms with Crippen molar-refractivity contribution in [2.45, 2.75) is 6.42 Å². The molecule has 4 aromatic carbocycles. The number of anilines is 2. The molecule has 8 heteroatoms. The first-order valence-electron chi connectivity index (χ1n) is 12.2. The number of ether oxygens (including phenoxy) is 3. The summed E-state index contributed by atoms with van der Waals surface area (Å²) in [5.74, 6) is -0.0590. The van der Waals surface area contributed by atoms with Crippen LogP contribution in [0.4, 0.5) is 11.4 Å². The first kappa shape index (κ1) is 24.8. The number of carbonyl (C=O) groups is 3. The lowest BCUT2D eigenvalue weighted by Gasteiger charge is -2.17. The van der Waals surface area contributed by atoms with Crippen LogP contribution in [0, 0.1) is 5.92 Å². The van der Waals surface area contributed by atoms with E-state index in [2.05, 4.69) is 5.32 Å². The van der Waals surface area contributed by atoms with E-state index in [1.165, 1.54) is 7.11 Å². The van der Waals surface area contributed by atoms with E-state index in [9.17, 15) is 14.4 Å². The van der Waals surface area contributed by atoms with E-state index in [0.29, 0.717) is 22.9 Å². The molecule has 8 nitrogen and oxygen atoms in total. The summed E-state index contributed by atoms with van der Waals surface area (Å²) in [7, 11) is 1.50. The lowest BCUT2D eigenvalue weighted by molar-refractivity contribution is -0.151. The third kappa shape index (κ3) is 5.44. The van der Waals surface area contributed by atoms with Gasteiger partial charge in [-0.2, -0.15) is 0 Å². The van der Waals surface area contributed by atoms with E-state index in [1.54, 1.807) is 53.4 Å². The maximum Gasteiger partial charge on any atom is 0.311 e. The highest BCUT2D eigenvalue weighted by atomic mass is 16.5. The number of para-hydroxylation sites is 2. The van der Waals surface area contributed by atoms with Crippen LogP contribution in [0.3, 0.4) is 0 Å². The Bertz CT molecular complexity index is 1480. The van der Waals surface area contributed by atoms with Crippen LogP contribution in [0.5, 0.6) is 17.2 Å². The van der Waals surface area contributed by atoms with E-state index in [1.807, 2.05) is 42.5 Å². The van der Waals surface area contributed by atoms with Gasteiger partial charge in [0.05, 0.1) is 18.7 Å². The highest BCUT2D eigenvalue weighted by Gasteiger charge is 2.36. The standard InChI is InChI=1S/C30H26N2O6/c1-36-27-11-5-4-10-25(27)31-28(33)19-37-30(35)21-17-29(34)32(18-21)22-13-15-23(16-14-22)38-26-12-6-8-20-7-2-3-9-24(20)26/h2-16,21H,17-19H2,1H3,(H,31,33)/t21-/m1/s1. The average Bonchev–Trinajstić information content (AvgIpc) is 3.34. The van der Waals surface area contributed by atoms with Gasteiger partial charge in [-0.3, -0.25) is 14.4 Å². The Hall–Kier alpha value is -4.85. The zero-order valence-corrected chi connectivity index (χ0v) is 20.8. The predicted octanol–water partition coefficient (Wildman–Crippen LogP) is 5.18. The predicted molar refractivity (Wildman–Crippen MR) is 144 cm³/mol. The first-order chi connectivity index (χ1) is 18.5. The summed E-state index contributed by atoms with van der Waals surface area (Å²) in [4.78, 5) is 39.0. The molecule has 192 valence electrons. The van der Waals surface area contributed by atoms with Crippen molar-refractivity contribution in [2.75, 3.05) is 30.5 Å². The zero-order valence-electron chi connectivity index (χ0n) is 20.8. The molecule has 4 aromatic rings. The van der Waals surface area contributed by atoms with Gasteiger partial charge in [0.1, 0.15) is 17.2 Å². The topological polar surface area (TPSA) is 94.2 Å². The molecule has 1 atom stereocenters. The number of hydrogen-bond acceptors (Lipinski definition) is 6. The van der Waals surface area contributed by atoms with Crippen molar-refractivity contribution in [2.24, 2.45) is 5.92 Å². The van der Waals surface area contributed by atoms with E-state index < -0.39 is 24.4 Å². The second-order valence-corrected chi connectivity index (χ2v) is 8.83. The molecule has 0 aliphatic carbocycles. The van der Waals surface area contributed by atoms with Crippen molar-refractivity contribution in [3.63, 3.8) is 0 Å². The quantitative estimate of drug-likeness (QED) is 0.329. The smallest absolute Gasteiger partial charge is 0.311 e. The van der Waals surface area contributed by atoms with Crippen LogP contribution in [0.1, 0.15) is 6.42 Å². The molecule has 38 heavy (non-hydrogen) atoms. The van der Waals surface area contributed by atoms with Crippen LogP contribution in [-0.4, -0.2) is 38.0 Å². The molecule has 1 fully saturated rings. The summed E-state index contributed by atoms with van der Waals surface area (Å²) in [6.07, 6.45) is 0.0151. The molecule has 5 rings (SSSR count). The molecule has 0 aromatic heterocycles. The molecule has 1 aliphatic rings. The van der Waals surface area contributed by atoms with Crippen LogP contribution >= 0.6 is 0 Å². The Balaban J connectivity index is 1.17. The van der Waals surface area contributed by atoms with Gasteiger partial charge in [0, 0.05) is 24.0 Å². The minimum Gasteiger partial charge on any atom is -0.495 e. The van der Waals surface area contributed by atoms with Crippen molar-refractivity contribution in [3.8, 4) is 17.2 Å². The number of amides is 2. The van der Waals surface area contributed by atoms with Crippen LogP contribution in [-0.2, 0) is 19.1 Å². The normalized spacial score (nSPS) is 14.8. The Morgan fingerprint density at radius 2 is 1.61 bits per heavy atom. The number of methoxy groups -OCH3 is 1. The number of nitrogens with zero attached hydrogens (tertiary/aromatic N) is 1. The molecule has 1 aliphatic heterocycles. The summed E-state index contributed by atoms with van der Waals surface area (Å²) in [5.41, 5.74) is 1.13. The van der Waals surface area contributed by atoms with Crippen LogP contribution in [0.2, 0.25) is 0 Å². The van der Waals surface area contributed by atoms with E-state index in [4.69, 9.17) is 14.2 Å². The third-order valence-corrected chi connectivity index (χ3v) is 6.31. The molecule has 0 saturated carbocycles. The zero-order chi connectivity index (χ0) is 26.5. The Kier molecular flexibility index (Phi) is 7.21. The summed E-state index contributed by atoms with van der Waals surface area (Å²) >= 11 is 0. The molecule has 0 radical (unpaired) electrons. The molecule has 1 saturated heterocycles. The number of rotatable bonds is 8. The fraction of sp³-hybridized carbons (Fsp3) is 0.167. The van der Waals surface area contributed by atoms with Crippen molar-refractivity contribution < 1.29 is 28.6 Å². The van der Waals surface area contributed by atoms with Gasteiger partial charge in [0.15, 0.2) is 6.61 Å². The number of hydrogen-bond donors (Lipinski definition) is 1. The number of benzene rings is 4. The largest absolute Gasteiger partial charge is 0.495 e. The minimum atomic E-state index is -0.659. The maximum atomic E-state index is 12.7. The summed E-state index contributed by atoms with van der Waals surface area (Å²) < 4.78 is 16.5. The summed E-state index contributed by atoms with van der Waals surface area (Å²) in [6.45, 7) is -0.281. The third-order valence-electron chi connectivity index (χ3n) is 6.31. The summed E-state index contributed by atoms with van der Waals surface area (Å²) in [5, 5.41) is 4.74. The minimum absolute atomic E-state index is 0.0151. The van der Waals surface area contributed by atoms with E-state index >= 15 is 0 Å². The van der Waals surface area contributed by atoms with Gasteiger partial charge in [-0.05, 0) is 47.9 Å². The first-order valence-corrected chi connectivity index (χ1v) is 12.2. The molecule has 2 amide bonds. The van der Waals surface area contributed by atoms with Crippen LogP contribution in [0.15, 0.2) is 91.0 Å². The molecule has 0 unspecified atom stereocenters. The highest BCUT2D eigenvalue weighted by molar-refractivity contribution is 6.00. The maximum absolute atomic E-state index is 12.7. The second kappa shape index (κ2) is 11.0. The molecule has 1 heterocycles. The van der Waals surface area contributed by atoms with Gasteiger partial charge in [0.25, 0.3) is 5.91 Å². The van der Waals surface area contributed by atoms with Gasteiger partial charge >= 0.3 is 5.97 Å². The number of carbonyl (C=O) groups excluding carboxylic acids is 3. The van der Waals surface area contributed by atoms with Crippen LogP contribution in [0.25, 0.3) is 10.8 Å². The summed E-state index contributed by atoms with van der Waals surface area (Å²) in [6, 6.07) is 27.9. The van der Waals surface area contributed by atoms with Crippen molar-refractivity contribution in [1.82, 2.24) is 0 Å². The Morgan fingerprint density at radius 3 is 2.42 bits per heavy atom. The van der Waals surface area contributed by atoms with Crippen molar-refractivity contribution in [3.05, 3.63) is 91.0 Å². The molecular weight excluding hydrogens is 484 g/mol. The number of fused-ring (bicyclic) bond motifs is 1. The second-order valence-electron chi connectivity index (χ2n) is 8.83. The molecule has 1 N–H and O–H groups in total. The van der Waals surface area contributed by atoms with Gasteiger partial charge in [-0.1, -0.05) is 48.5 Å². The molecule has 0 spiro atoms. The van der Waals surface area contributed by atoms with Gasteiger partial charge < -0.3 is 24.4 Å². The Labute approximate surface area is 219 Å². The fourth-order valence-electron chi connectivity index (χ4n) is 4.41. The number of nitrogens with one attached hydrogen (secondary N) is 1. The Morgan fingerprint density at radius 1 is 0.895 bits per heavy atom. The van der Waals surface area contributed by atoms with Crippen molar-refractivity contribution in [1.29, 1.82) is 0 Å². The molecule has 0 bridgehead atoms. The molecular formula is C30H26N2O6. The highest BCUT2D eigenvalue weighted by Crippen LogP contribution is 2.32. The SMILES string of the molecule is COc1ccccc1NC(=O)COC(=O)[C@@H]1CC(=O)N(c2ccc(Oc3cccc4ccccc34)cc2)C1. The van der Waals surface area contributed by atoms with E-state index in [-0.39, 0.29) is 18.9 Å². The van der Waals surface area contributed by atoms with Gasteiger partial charge in [-0.15, -0.1) is 0 Å². The van der Waals surface area contributed by atoms with Crippen LogP contribution < -0.4 is 19.7 Å². The average molecular weight is 511 g/mol. The lowest BCUT2D eigenvalue weighted by Crippen LogP contribution is -2.28. The van der Waals surface area contributed by atoms with E-state index in [0.717, 1.165) is 16.5 Å². The fourth-order valence-corrected chi connectivity index (χ4v) is 4.41. The lowest BCUT2D eigenvalue weighted by atomic mass is 10.1. The van der Waals surface area contributed by atoms with Gasteiger partial charge in [-0.25, -0.2) is 0 Å². The van der Waals surface area contributed by atoms with Crippen molar-refractivity contribution >= 4 is 39.9 Å². The number of esters is 1. The monoisotopic (exact) mass is 510 g/mol. The van der Waals surface area contributed by atoms with Gasteiger partial charge in [0.2, 0.25) is 5.91 Å².